The van der Waals surface area contributed by atoms with E-state index < -0.39 is 23.5 Å². The fourth-order valence-electron chi connectivity index (χ4n) is 5.91. The van der Waals surface area contributed by atoms with E-state index >= 15 is 0 Å². The second kappa shape index (κ2) is 14.5. The van der Waals surface area contributed by atoms with Gasteiger partial charge in [-0.2, -0.15) is 0 Å². The molecule has 2 unspecified atom stereocenters. The zero-order valence-electron chi connectivity index (χ0n) is 23.5. The van der Waals surface area contributed by atoms with Crippen LogP contribution in [-0.4, -0.2) is 112 Å². The molecule has 0 bridgehead atoms. The summed E-state index contributed by atoms with van der Waals surface area (Å²) in [5, 5.41) is 20.9. The molecule has 2 aliphatic rings. The predicted molar refractivity (Wildman–Crippen MR) is 169 cm³/mol. The molecule has 6 rings (SSSR count). The summed E-state index contributed by atoms with van der Waals surface area (Å²) in [4.78, 5) is 29.7. The Kier molecular flexibility index (Phi) is 11.1. The SMILES string of the molecule is CCCOc1ccc2c(c1-c1ccccc1OC)CC(Oc1cnccc1C(=O)O)(C(=O)O)C2c1ccc2c(c1)OCO2.[NaH].[NaH]. The van der Waals surface area contributed by atoms with Gasteiger partial charge in [-0.25, -0.2) is 9.59 Å². The van der Waals surface area contributed by atoms with Crippen LogP contribution < -0.4 is 23.7 Å². The number of aromatic carboxylic acids is 1. The van der Waals surface area contributed by atoms with E-state index in [1.54, 1.807) is 25.3 Å². The van der Waals surface area contributed by atoms with E-state index in [9.17, 15) is 19.8 Å². The van der Waals surface area contributed by atoms with Crippen LogP contribution in [0.1, 0.15) is 46.3 Å². The van der Waals surface area contributed by atoms with Gasteiger partial charge in [0.05, 0.1) is 25.8 Å². The van der Waals surface area contributed by atoms with E-state index in [0.717, 1.165) is 12.0 Å². The Balaban J connectivity index is 0.00000230. The number of hydrogen-bond donors (Lipinski definition) is 2. The van der Waals surface area contributed by atoms with Gasteiger partial charge in [-0.15, -0.1) is 0 Å². The zero-order valence-corrected chi connectivity index (χ0v) is 23.5. The van der Waals surface area contributed by atoms with Gasteiger partial charge < -0.3 is 33.9 Å². The van der Waals surface area contributed by atoms with Crippen molar-refractivity contribution in [2.45, 2.75) is 31.3 Å². The van der Waals surface area contributed by atoms with E-state index in [4.69, 9.17) is 23.7 Å². The molecule has 1 aliphatic carbocycles. The molecule has 2 N–H and O–H groups in total. The van der Waals surface area contributed by atoms with Gasteiger partial charge in [0.25, 0.3) is 0 Å². The van der Waals surface area contributed by atoms with Gasteiger partial charge in [0.1, 0.15) is 17.1 Å². The summed E-state index contributed by atoms with van der Waals surface area (Å²) in [5.74, 6) is -1.39. The number of para-hydroxylation sites is 1. The quantitative estimate of drug-likeness (QED) is 0.245. The van der Waals surface area contributed by atoms with Crippen LogP contribution >= 0.6 is 0 Å². The number of aliphatic carboxylic acids is 1. The van der Waals surface area contributed by atoms with Crippen LogP contribution in [0.2, 0.25) is 0 Å². The van der Waals surface area contributed by atoms with Crippen molar-refractivity contribution in [1.29, 1.82) is 0 Å². The first-order valence-electron chi connectivity index (χ1n) is 13.8. The third-order valence-corrected chi connectivity index (χ3v) is 7.76. The third kappa shape index (κ3) is 6.27. The fraction of sp³-hybridized carbons (Fsp3) is 0.242. The summed E-state index contributed by atoms with van der Waals surface area (Å²) >= 11 is 0. The van der Waals surface area contributed by atoms with Crippen molar-refractivity contribution < 1.29 is 43.5 Å². The third-order valence-electron chi connectivity index (χ3n) is 7.76. The normalized spacial score (nSPS) is 17.3. The molecule has 0 amide bonds. The summed E-state index contributed by atoms with van der Waals surface area (Å²) < 4.78 is 29.4. The molecule has 1 aromatic heterocycles. The molecule has 12 heteroatoms. The number of rotatable bonds is 10. The summed E-state index contributed by atoms with van der Waals surface area (Å²) in [7, 11) is 1.57. The molecule has 45 heavy (non-hydrogen) atoms. The number of methoxy groups -OCH3 is 1. The van der Waals surface area contributed by atoms with Crippen LogP contribution in [0.3, 0.4) is 0 Å². The summed E-state index contributed by atoms with van der Waals surface area (Å²) in [6.45, 7) is 2.50. The zero-order chi connectivity index (χ0) is 30.1. The van der Waals surface area contributed by atoms with Gasteiger partial charge in [0.2, 0.25) is 12.4 Å². The number of aromatic nitrogens is 1. The van der Waals surface area contributed by atoms with Gasteiger partial charge in [0.15, 0.2) is 17.2 Å². The average Bonchev–Trinajstić information content (AvgIpc) is 3.62. The molecule has 0 saturated carbocycles. The second-order valence-corrected chi connectivity index (χ2v) is 10.3. The van der Waals surface area contributed by atoms with Crippen LogP contribution in [0.5, 0.6) is 28.7 Å². The van der Waals surface area contributed by atoms with E-state index in [-0.39, 0.29) is 83.6 Å². The Bertz CT molecular complexity index is 1730. The number of carbonyl (C=O) groups is 2. The molecule has 224 valence electrons. The number of nitrogens with zero attached hydrogens (tertiary/aromatic N) is 1. The van der Waals surface area contributed by atoms with Crippen molar-refractivity contribution in [3.63, 3.8) is 0 Å². The first-order chi connectivity index (χ1) is 20.9. The minimum absolute atomic E-state index is 0. The van der Waals surface area contributed by atoms with Crippen LogP contribution in [0, 0.1) is 0 Å². The predicted octanol–water partition coefficient (Wildman–Crippen LogP) is 4.27. The van der Waals surface area contributed by atoms with Crippen molar-refractivity contribution in [3.8, 4) is 39.9 Å². The molecule has 2 atom stereocenters. The number of benzene rings is 3. The van der Waals surface area contributed by atoms with Gasteiger partial charge in [-0.3, -0.25) is 4.98 Å². The van der Waals surface area contributed by atoms with Gasteiger partial charge in [-0.1, -0.05) is 37.3 Å². The van der Waals surface area contributed by atoms with Gasteiger partial charge in [-0.05, 0) is 53.4 Å². The average molecular weight is 632 g/mol. The molecular weight excluding hydrogens is 600 g/mol. The molecule has 0 saturated heterocycles. The van der Waals surface area contributed by atoms with Crippen molar-refractivity contribution in [1.82, 2.24) is 4.98 Å². The summed E-state index contributed by atoms with van der Waals surface area (Å²) in [6, 6.07) is 17.7. The Morgan fingerprint density at radius 2 is 1.76 bits per heavy atom. The maximum absolute atomic E-state index is 13.5. The fourth-order valence-corrected chi connectivity index (χ4v) is 5.91. The molecule has 0 spiro atoms. The Hall–Kier alpha value is -3.25. The molecule has 4 aromatic rings. The van der Waals surface area contributed by atoms with Crippen molar-refractivity contribution >= 4 is 71.1 Å². The maximum atomic E-state index is 13.5. The summed E-state index contributed by atoms with van der Waals surface area (Å²) in [6.07, 6.45) is 3.20. The van der Waals surface area contributed by atoms with E-state index in [0.29, 0.717) is 51.9 Å². The Morgan fingerprint density at radius 3 is 2.49 bits per heavy atom. The van der Waals surface area contributed by atoms with Crippen molar-refractivity contribution in [2.24, 2.45) is 0 Å². The van der Waals surface area contributed by atoms with Crippen LogP contribution in [0.15, 0.2) is 73.1 Å². The van der Waals surface area contributed by atoms with Crippen LogP contribution in [-0.2, 0) is 11.2 Å². The van der Waals surface area contributed by atoms with E-state index in [1.165, 1.54) is 18.5 Å². The minimum atomic E-state index is -1.97. The molecule has 10 nitrogen and oxygen atoms in total. The Labute approximate surface area is 304 Å². The molecule has 0 fully saturated rings. The first kappa shape index (κ1) is 34.6. The number of hydrogen-bond acceptors (Lipinski definition) is 8. The van der Waals surface area contributed by atoms with Gasteiger partial charge >= 0.3 is 71.1 Å². The molecule has 1 aliphatic heterocycles. The molecule has 3 aromatic carbocycles. The monoisotopic (exact) mass is 631 g/mol. The standard InChI is InChI=1S/C33H29NO9.2Na.2H/c1-3-14-40-26-11-9-20-23(29(26)21-6-4-5-7-24(21)39-2)16-33(32(37)38,43-28-17-34-13-12-22(28)31(35)36)30(20)19-8-10-25-27(15-19)42-18-41-25;;;;/h4-13,15,17,30H,3,14,16,18H2,1-2H3,(H,35,36)(H,37,38);;;;. The topological polar surface area (TPSA) is 134 Å². The van der Waals surface area contributed by atoms with Gasteiger partial charge in [0, 0.05) is 23.7 Å². The second-order valence-electron chi connectivity index (χ2n) is 10.3. The number of ether oxygens (including phenoxy) is 5. The summed E-state index contributed by atoms with van der Waals surface area (Å²) in [5.41, 5.74) is 1.21. The van der Waals surface area contributed by atoms with Crippen molar-refractivity contribution in [3.05, 3.63) is 95.3 Å². The number of carboxylic acid groups (broad SMARTS) is 2. The van der Waals surface area contributed by atoms with E-state index in [1.807, 2.05) is 43.3 Å². The number of pyridine rings is 1. The van der Waals surface area contributed by atoms with E-state index in [2.05, 4.69) is 4.98 Å². The van der Waals surface area contributed by atoms with Crippen molar-refractivity contribution in [2.75, 3.05) is 20.5 Å². The number of fused-ring (bicyclic) bond motifs is 2. The molecular formula is C33H31NNa2O9. The van der Waals surface area contributed by atoms with Crippen LogP contribution in [0.25, 0.3) is 11.1 Å². The van der Waals surface area contributed by atoms with Crippen LogP contribution in [0.4, 0.5) is 0 Å². The number of carboxylic acids is 2. The Morgan fingerprint density at radius 1 is 0.978 bits per heavy atom. The molecule has 2 heterocycles. The molecule has 0 radical (unpaired) electrons. The first-order valence-corrected chi connectivity index (χ1v) is 13.8.